The van der Waals surface area contributed by atoms with Crippen molar-refractivity contribution in [3.63, 3.8) is 0 Å². The summed E-state index contributed by atoms with van der Waals surface area (Å²) >= 11 is 0. The lowest BCUT2D eigenvalue weighted by atomic mass is 9.94. The number of halogens is 1. The molecular weight excluding hydrogens is 223 g/mol. The van der Waals surface area contributed by atoms with Gasteiger partial charge in [-0.05, 0) is 18.1 Å². The van der Waals surface area contributed by atoms with Crippen molar-refractivity contribution in [1.29, 1.82) is 0 Å². The van der Waals surface area contributed by atoms with E-state index in [4.69, 9.17) is 0 Å². The number of hydrogen-bond donors (Lipinski definition) is 1. The Labute approximate surface area is 99.2 Å². The second-order valence-electron chi connectivity index (χ2n) is 4.34. The molecule has 1 aliphatic carbocycles. The number of benzene rings is 1. The third kappa shape index (κ3) is 2.17. The highest BCUT2D eigenvalue weighted by molar-refractivity contribution is 5.76. The first kappa shape index (κ1) is 12.0. The van der Waals surface area contributed by atoms with Gasteiger partial charge in [0.2, 0.25) is 6.17 Å². The van der Waals surface area contributed by atoms with Crippen molar-refractivity contribution in [2.45, 2.75) is 31.5 Å². The Balaban J connectivity index is 2.16. The summed E-state index contributed by atoms with van der Waals surface area (Å²) in [5, 5.41) is 10.2. The maximum atomic E-state index is 13.9. The molecule has 0 spiro atoms. The topological polar surface area (TPSA) is 46.5 Å². The van der Waals surface area contributed by atoms with E-state index in [2.05, 4.69) is 4.74 Å². The largest absolute Gasteiger partial charge is 0.464 e. The number of carbonyl (C=O) groups is 1. The second kappa shape index (κ2) is 4.45. The molecule has 1 atom stereocenters. The van der Waals surface area contributed by atoms with Crippen molar-refractivity contribution in [3.8, 4) is 0 Å². The molecule has 0 fully saturated rings. The van der Waals surface area contributed by atoms with E-state index in [1.54, 1.807) is 6.92 Å². The number of aliphatic hydroxyl groups is 1. The molecule has 1 aromatic carbocycles. The number of fused-ring (bicyclic) bond motifs is 1. The first-order chi connectivity index (χ1) is 8.07. The molecule has 1 aromatic rings. The average molecular weight is 238 g/mol. The molecule has 1 unspecified atom stereocenters. The van der Waals surface area contributed by atoms with Crippen LogP contribution < -0.4 is 0 Å². The Hall–Kier alpha value is -1.42. The van der Waals surface area contributed by atoms with E-state index < -0.39 is 17.7 Å². The standard InChI is InChI=1S/C13H15FO3/c1-2-17-12(15)11(14)13(16)7-9-5-3-4-6-10(9)8-13/h3-6,11,16H,2,7-8H2,1H3. The summed E-state index contributed by atoms with van der Waals surface area (Å²) in [4.78, 5) is 11.3. The Bertz CT molecular complexity index is 405. The molecule has 0 amide bonds. The van der Waals surface area contributed by atoms with Gasteiger partial charge >= 0.3 is 5.97 Å². The highest BCUT2D eigenvalue weighted by Gasteiger charge is 2.47. The van der Waals surface area contributed by atoms with Crippen LogP contribution in [0.1, 0.15) is 18.1 Å². The number of carbonyl (C=O) groups excluding carboxylic acids is 1. The van der Waals surface area contributed by atoms with Crippen LogP contribution in [0.25, 0.3) is 0 Å². The van der Waals surface area contributed by atoms with E-state index in [-0.39, 0.29) is 19.4 Å². The van der Waals surface area contributed by atoms with Gasteiger partial charge in [-0.15, -0.1) is 0 Å². The van der Waals surface area contributed by atoms with Gasteiger partial charge in [-0.25, -0.2) is 9.18 Å². The Morgan fingerprint density at radius 1 is 1.47 bits per heavy atom. The van der Waals surface area contributed by atoms with E-state index in [0.717, 1.165) is 11.1 Å². The Morgan fingerprint density at radius 3 is 2.47 bits per heavy atom. The lowest BCUT2D eigenvalue weighted by molar-refractivity contribution is -0.159. The lowest BCUT2D eigenvalue weighted by Crippen LogP contribution is -2.46. The summed E-state index contributed by atoms with van der Waals surface area (Å²) < 4.78 is 18.5. The van der Waals surface area contributed by atoms with E-state index in [1.165, 1.54) is 0 Å². The summed E-state index contributed by atoms with van der Waals surface area (Å²) in [6.45, 7) is 1.72. The van der Waals surface area contributed by atoms with Gasteiger partial charge in [0.1, 0.15) is 5.60 Å². The SMILES string of the molecule is CCOC(=O)C(F)C1(O)Cc2ccccc2C1. The molecule has 1 aliphatic rings. The van der Waals surface area contributed by atoms with Gasteiger partial charge < -0.3 is 9.84 Å². The lowest BCUT2D eigenvalue weighted by Gasteiger charge is -2.24. The number of ether oxygens (including phenoxy) is 1. The Morgan fingerprint density at radius 2 is 2.00 bits per heavy atom. The molecule has 0 heterocycles. The van der Waals surface area contributed by atoms with Gasteiger partial charge in [-0.1, -0.05) is 24.3 Å². The first-order valence-electron chi connectivity index (χ1n) is 5.66. The van der Waals surface area contributed by atoms with Gasteiger partial charge in [0.15, 0.2) is 0 Å². The molecule has 17 heavy (non-hydrogen) atoms. The van der Waals surface area contributed by atoms with Crippen molar-refractivity contribution < 1.29 is 19.0 Å². The van der Waals surface area contributed by atoms with Crippen molar-refractivity contribution in [1.82, 2.24) is 0 Å². The van der Waals surface area contributed by atoms with E-state index in [9.17, 15) is 14.3 Å². The highest BCUT2D eigenvalue weighted by Crippen LogP contribution is 2.34. The molecule has 0 radical (unpaired) electrons. The average Bonchev–Trinajstić information content (AvgIpc) is 2.65. The molecule has 2 rings (SSSR count). The third-order valence-corrected chi connectivity index (χ3v) is 3.08. The summed E-state index contributed by atoms with van der Waals surface area (Å²) in [5.41, 5.74) is 0.125. The van der Waals surface area contributed by atoms with Crippen molar-refractivity contribution in [2.75, 3.05) is 6.61 Å². The minimum absolute atomic E-state index is 0.113. The smallest absolute Gasteiger partial charge is 0.343 e. The maximum Gasteiger partial charge on any atom is 0.343 e. The Kier molecular flexibility index (Phi) is 3.15. The monoisotopic (exact) mass is 238 g/mol. The summed E-state index contributed by atoms with van der Waals surface area (Å²) in [6, 6.07) is 7.35. The number of rotatable bonds is 3. The van der Waals surface area contributed by atoms with Crippen LogP contribution in [0.4, 0.5) is 4.39 Å². The normalized spacial score (nSPS) is 18.5. The third-order valence-electron chi connectivity index (χ3n) is 3.08. The van der Waals surface area contributed by atoms with E-state index in [0.29, 0.717) is 0 Å². The molecule has 3 nitrogen and oxygen atoms in total. The fourth-order valence-corrected chi connectivity index (χ4v) is 2.24. The van der Waals surface area contributed by atoms with Crippen molar-refractivity contribution >= 4 is 5.97 Å². The van der Waals surface area contributed by atoms with Crippen LogP contribution in [0.3, 0.4) is 0 Å². The predicted octanol–water partition coefficient (Wildman–Crippen LogP) is 1.42. The summed E-state index contributed by atoms with van der Waals surface area (Å²) in [7, 11) is 0. The molecule has 0 saturated heterocycles. The summed E-state index contributed by atoms with van der Waals surface area (Å²) in [6.07, 6.45) is -1.68. The molecule has 0 saturated carbocycles. The van der Waals surface area contributed by atoms with Crippen LogP contribution in [-0.4, -0.2) is 29.5 Å². The van der Waals surface area contributed by atoms with Crippen LogP contribution >= 0.6 is 0 Å². The maximum absolute atomic E-state index is 13.9. The zero-order chi connectivity index (χ0) is 12.5. The van der Waals surface area contributed by atoms with Crippen molar-refractivity contribution in [2.24, 2.45) is 0 Å². The van der Waals surface area contributed by atoms with Crippen LogP contribution in [0.2, 0.25) is 0 Å². The van der Waals surface area contributed by atoms with Crippen LogP contribution in [0.15, 0.2) is 24.3 Å². The minimum Gasteiger partial charge on any atom is -0.464 e. The van der Waals surface area contributed by atoms with Crippen LogP contribution in [-0.2, 0) is 22.4 Å². The van der Waals surface area contributed by atoms with E-state index >= 15 is 0 Å². The van der Waals surface area contributed by atoms with Gasteiger partial charge in [-0.2, -0.15) is 0 Å². The zero-order valence-corrected chi connectivity index (χ0v) is 9.65. The number of hydrogen-bond acceptors (Lipinski definition) is 3. The minimum atomic E-state index is -1.99. The molecular formula is C13H15FO3. The quantitative estimate of drug-likeness (QED) is 0.810. The highest BCUT2D eigenvalue weighted by atomic mass is 19.1. The molecule has 0 aromatic heterocycles. The van der Waals surface area contributed by atoms with Gasteiger partial charge in [0.25, 0.3) is 0 Å². The molecule has 4 heteroatoms. The fourth-order valence-electron chi connectivity index (χ4n) is 2.24. The van der Waals surface area contributed by atoms with Crippen LogP contribution in [0, 0.1) is 0 Å². The number of esters is 1. The number of alkyl halides is 1. The van der Waals surface area contributed by atoms with Gasteiger partial charge in [0.05, 0.1) is 6.61 Å². The summed E-state index contributed by atoms with van der Waals surface area (Å²) in [5.74, 6) is -0.984. The van der Waals surface area contributed by atoms with Crippen LogP contribution in [0.5, 0.6) is 0 Å². The molecule has 1 N–H and O–H groups in total. The first-order valence-corrected chi connectivity index (χ1v) is 5.66. The fraction of sp³-hybridized carbons (Fsp3) is 0.462. The predicted molar refractivity (Wildman–Crippen MR) is 60.3 cm³/mol. The zero-order valence-electron chi connectivity index (χ0n) is 9.65. The second-order valence-corrected chi connectivity index (χ2v) is 4.34. The molecule has 92 valence electrons. The molecule has 0 aliphatic heterocycles. The van der Waals surface area contributed by atoms with Gasteiger partial charge in [-0.3, -0.25) is 0 Å². The van der Waals surface area contributed by atoms with Gasteiger partial charge in [0, 0.05) is 12.8 Å². The molecule has 0 bridgehead atoms. The van der Waals surface area contributed by atoms with Crippen molar-refractivity contribution in [3.05, 3.63) is 35.4 Å². The van der Waals surface area contributed by atoms with E-state index in [1.807, 2.05) is 24.3 Å².